The number of carboxylic acid groups (broad SMARTS) is 1. The molecule has 3 N–H and O–H groups in total. The zero-order valence-corrected chi connectivity index (χ0v) is 23.4. The molecule has 3 aromatic rings. The van der Waals surface area contributed by atoms with Crippen molar-refractivity contribution in [2.24, 2.45) is 11.8 Å². The molecule has 13 heteroatoms. The van der Waals surface area contributed by atoms with Crippen LogP contribution in [0.15, 0.2) is 48.7 Å². The minimum absolute atomic E-state index is 0.0727. The highest BCUT2D eigenvalue weighted by molar-refractivity contribution is 5.90. The maximum Gasteiger partial charge on any atom is 0.573 e. The number of amides is 2. The molecule has 2 aromatic carbocycles. The number of rotatable bonds is 8. The largest absolute Gasteiger partial charge is 0.573 e. The average molecular weight is 589 g/mol. The molecule has 1 fully saturated rings. The molecule has 3 atom stereocenters. The predicted octanol–water partition coefficient (Wildman–Crippen LogP) is 5.63. The quantitative estimate of drug-likeness (QED) is 0.311. The second-order valence-electron chi connectivity index (χ2n) is 10.5. The van der Waals surface area contributed by atoms with Gasteiger partial charge in [0.1, 0.15) is 17.6 Å². The van der Waals surface area contributed by atoms with Crippen molar-refractivity contribution in [3.63, 3.8) is 0 Å². The summed E-state index contributed by atoms with van der Waals surface area (Å²) in [5, 5.41) is 11.8. The molecule has 2 heterocycles. The molecule has 4 rings (SSSR count). The van der Waals surface area contributed by atoms with Crippen molar-refractivity contribution in [2.75, 3.05) is 13.7 Å². The van der Waals surface area contributed by atoms with Gasteiger partial charge in [-0.3, -0.25) is 4.79 Å². The zero-order chi connectivity index (χ0) is 30.8. The van der Waals surface area contributed by atoms with Gasteiger partial charge in [0.25, 0.3) is 0 Å². The fourth-order valence-electron chi connectivity index (χ4n) is 5.01. The highest BCUT2D eigenvalue weighted by atomic mass is 19.4. The minimum atomic E-state index is -5.00. The van der Waals surface area contributed by atoms with Crippen molar-refractivity contribution in [3.05, 3.63) is 60.0 Å². The standard InChI is InChI=1S/C29H31F3N4O6/c1-15(2)24(35-28(40)41-4)26(37)36-14-16(3)11-22(36)25-33-13-21(34-25)18-7-5-17(6-8-18)20-10-9-19(27(38)39)12-23(20)42-29(30,31)32/h5-10,12-13,15-16,22,24H,11,14H2,1-4H3,(H,33,34)(H,35,40)(H,38,39)/t16-,22-,24-/m0/s1. The van der Waals surface area contributed by atoms with Gasteiger partial charge in [0.05, 0.1) is 30.6 Å². The number of likely N-dealkylation sites (tertiary alicyclic amines) is 1. The van der Waals surface area contributed by atoms with Crippen LogP contribution in [0, 0.1) is 11.8 Å². The number of hydrogen-bond acceptors (Lipinski definition) is 6. The maximum atomic E-state index is 13.5. The highest BCUT2D eigenvalue weighted by Crippen LogP contribution is 2.37. The molecule has 0 saturated carbocycles. The number of H-pyrrole nitrogens is 1. The summed E-state index contributed by atoms with van der Waals surface area (Å²) in [6.45, 7) is 6.19. The van der Waals surface area contributed by atoms with E-state index in [1.807, 2.05) is 20.8 Å². The summed E-state index contributed by atoms with van der Waals surface area (Å²) in [7, 11) is 1.24. The number of methoxy groups -OCH3 is 1. The zero-order valence-electron chi connectivity index (χ0n) is 23.4. The first kappa shape index (κ1) is 30.4. The topological polar surface area (TPSA) is 134 Å². The molecule has 0 aliphatic carbocycles. The van der Waals surface area contributed by atoms with Crippen LogP contribution in [-0.2, 0) is 9.53 Å². The van der Waals surface area contributed by atoms with Crippen LogP contribution in [0.3, 0.4) is 0 Å². The molecule has 1 saturated heterocycles. The van der Waals surface area contributed by atoms with Gasteiger partial charge < -0.3 is 29.8 Å². The van der Waals surface area contributed by atoms with Gasteiger partial charge >= 0.3 is 18.4 Å². The molecule has 0 bridgehead atoms. The smallest absolute Gasteiger partial charge is 0.478 e. The van der Waals surface area contributed by atoms with Gasteiger partial charge in [-0.25, -0.2) is 14.6 Å². The monoisotopic (exact) mass is 588 g/mol. The van der Waals surface area contributed by atoms with E-state index in [0.717, 1.165) is 6.07 Å². The molecular formula is C29H31F3N4O6. The Morgan fingerprint density at radius 2 is 1.79 bits per heavy atom. The van der Waals surface area contributed by atoms with Crippen LogP contribution in [0.4, 0.5) is 18.0 Å². The number of imidazole rings is 1. The average Bonchev–Trinajstić information content (AvgIpc) is 3.57. The third kappa shape index (κ3) is 6.84. The Kier molecular flexibility index (Phi) is 8.78. The van der Waals surface area contributed by atoms with Crippen LogP contribution in [0.25, 0.3) is 22.4 Å². The number of aromatic amines is 1. The lowest BCUT2D eigenvalue weighted by Crippen LogP contribution is -2.51. The van der Waals surface area contributed by atoms with E-state index in [2.05, 4.69) is 24.8 Å². The summed E-state index contributed by atoms with van der Waals surface area (Å²) in [6, 6.07) is 8.73. The van der Waals surface area contributed by atoms with E-state index in [1.165, 1.54) is 19.2 Å². The fourth-order valence-corrected chi connectivity index (χ4v) is 5.01. The van der Waals surface area contributed by atoms with Crippen LogP contribution in [-0.4, -0.2) is 64.0 Å². The molecular weight excluding hydrogens is 557 g/mol. The first-order valence-corrected chi connectivity index (χ1v) is 13.2. The molecule has 1 aliphatic rings. The number of aromatic carboxylic acids is 1. The molecule has 0 unspecified atom stereocenters. The summed E-state index contributed by atoms with van der Waals surface area (Å²) >= 11 is 0. The van der Waals surface area contributed by atoms with Crippen molar-refractivity contribution in [3.8, 4) is 28.1 Å². The first-order chi connectivity index (χ1) is 19.8. The van der Waals surface area contributed by atoms with E-state index in [0.29, 0.717) is 35.6 Å². The van der Waals surface area contributed by atoms with Crippen molar-refractivity contribution in [1.29, 1.82) is 0 Å². The van der Waals surface area contributed by atoms with Gasteiger partial charge in [-0.1, -0.05) is 45.0 Å². The van der Waals surface area contributed by atoms with Crippen molar-refractivity contribution < 1.29 is 42.1 Å². The Morgan fingerprint density at radius 3 is 2.38 bits per heavy atom. The summed E-state index contributed by atoms with van der Waals surface area (Å²) in [5.74, 6) is -1.66. The number of carbonyl (C=O) groups excluding carboxylic acids is 2. The van der Waals surface area contributed by atoms with Crippen molar-refractivity contribution in [1.82, 2.24) is 20.2 Å². The lowest BCUT2D eigenvalue weighted by Gasteiger charge is -2.30. The fraction of sp³-hybridized carbons (Fsp3) is 0.379. The number of benzene rings is 2. The SMILES string of the molecule is COC(=O)N[C@H](C(=O)N1C[C@@H](C)C[C@H]1c1ncc(-c2ccc(-c3ccc(C(=O)O)cc3OC(F)(F)F)cc2)[nH]1)C(C)C. The van der Waals surface area contributed by atoms with E-state index in [9.17, 15) is 32.7 Å². The molecule has 0 spiro atoms. The highest BCUT2D eigenvalue weighted by Gasteiger charge is 2.40. The molecule has 224 valence electrons. The summed E-state index contributed by atoms with van der Waals surface area (Å²) < 4.78 is 47.8. The molecule has 2 amide bonds. The Balaban J connectivity index is 1.58. The summed E-state index contributed by atoms with van der Waals surface area (Å²) in [4.78, 5) is 46.1. The van der Waals surface area contributed by atoms with Gasteiger partial charge in [-0.15, -0.1) is 13.2 Å². The number of alkyl halides is 3. The lowest BCUT2D eigenvalue weighted by molar-refractivity contribution is -0.274. The number of ether oxygens (including phenoxy) is 2. The van der Waals surface area contributed by atoms with E-state index in [4.69, 9.17) is 0 Å². The van der Waals surface area contributed by atoms with Crippen LogP contribution >= 0.6 is 0 Å². The molecule has 10 nitrogen and oxygen atoms in total. The van der Waals surface area contributed by atoms with Crippen molar-refractivity contribution >= 4 is 18.0 Å². The number of nitrogens with zero attached hydrogens (tertiary/aromatic N) is 2. The molecule has 1 aliphatic heterocycles. The first-order valence-electron chi connectivity index (χ1n) is 13.2. The number of hydrogen-bond donors (Lipinski definition) is 3. The predicted molar refractivity (Wildman–Crippen MR) is 146 cm³/mol. The third-order valence-electron chi connectivity index (χ3n) is 7.06. The normalized spacial score (nSPS) is 17.7. The molecule has 1 aromatic heterocycles. The number of carboxylic acids is 1. The maximum absolute atomic E-state index is 13.5. The van der Waals surface area contributed by atoms with E-state index >= 15 is 0 Å². The van der Waals surface area contributed by atoms with E-state index in [-0.39, 0.29) is 34.9 Å². The number of nitrogens with one attached hydrogen (secondary N) is 2. The Labute approximate surface area is 239 Å². The van der Waals surface area contributed by atoms with Gasteiger partial charge in [-0.05, 0) is 47.6 Å². The van der Waals surface area contributed by atoms with Crippen LogP contribution in [0.5, 0.6) is 5.75 Å². The van der Waals surface area contributed by atoms with E-state index in [1.54, 1.807) is 35.4 Å². The second-order valence-corrected chi connectivity index (χ2v) is 10.5. The van der Waals surface area contributed by atoms with Crippen LogP contribution in [0.1, 0.15) is 49.4 Å². The summed E-state index contributed by atoms with van der Waals surface area (Å²) in [5.41, 5.74) is 1.44. The lowest BCUT2D eigenvalue weighted by atomic mass is 10.0. The van der Waals surface area contributed by atoms with Gasteiger partial charge in [-0.2, -0.15) is 0 Å². The van der Waals surface area contributed by atoms with Gasteiger partial charge in [0, 0.05) is 12.1 Å². The summed E-state index contributed by atoms with van der Waals surface area (Å²) in [6.07, 6.45) is -3.42. The van der Waals surface area contributed by atoms with Crippen LogP contribution < -0.4 is 10.1 Å². The molecule has 0 radical (unpaired) electrons. The van der Waals surface area contributed by atoms with Gasteiger partial charge in [0.15, 0.2) is 0 Å². The van der Waals surface area contributed by atoms with Gasteiger partial charge in [0.2, 0.25) is 5.91 Å². The third-order valence-corrected chi connectivity index (χ3v) is 7.06. The molecule has 42 heavy (non-hydrogen) atoms. The Morgan fingerprint density at radius 1 is 1.12 bits per heavy atom. The van der Waals surface area contributed by atoms with Crippen LogP contribution in [0.2, 0.25) is 0 Å². The minimum Gasteiger partial charge on any atom is -0.478 e. The number of carbonyl (C=O) groups is 3. The van der Waals surface area contributed by atoms with E-state index < -0.39 is 30.2 Å². The Bertz CT molecular complexity index is 1450. The van der Waals surface area contributed by atoms with Crippen molar-refractivity contribution in [2.45, 2.75) is 45.6 Å². The Hall–Kier alpha value is -4.55. The number of aromatic nitrogens is 2. The second kappa shape index (κ2) is 12.1. The number of alkyl carbamates (subject to hydrolysis) is 1. The number of halogens is 3.